The third kappa shape index (κ3) is 2.37. The number of nitrogens with zero attached hydrogens (tertiary/aromatic N) is 3. The molecule has 0 saturated heterocycles. The van der Waals surface area contributed by atoms with Crippen LogP contribution in [0.15, 0.2) is 17.7 Å². The number of aryl methyl sites for hydroxylation is 1. The normalized spacial score (nSPS) is 19.0. The van der Waals surface area contributed by atoms with Crippen LogP contribution in [0.4, 0.5) is 13.2 Å². The van der Waals surface area contributed by atoms with Crippen LogP contribution in [0.3, 0.4) is 0 Å². The minimum Gasteiger partial charge on any atom is -0.233 e. The Kier molecular flexibility index (Phi) is 3.16. The van der Waals surface area contributed by atoms with E-state index in [0.29, 0.717) is 27.9 Å². The van der Waals surface area contributed by atoms with Gasteiger partial charge in [0.15, 0.2) is 5.65 Å². The first kappa shape index (κ1) is 14.3. The van der Waals surface area contributed by atoms with Crippen LogP contribution in [-0.2, 0) is 0 Å². The van der Waals surface area contributed by atoms with Crippen LogP contribution in [0.5, 0.6) is 0 Å². The molecule has 21 heavy (non-hydrogen) atoms. The highest BCUT2D eigenvalue weighted by atomic mass is 35.5. The maximum Gasteiger partial charge on any atom is 0.395 e. The molecule has 1 aliphatic carbocycles. The van der Waals surface area contributed by atoms with E-state index in [4.69, 9.17) is 11.6 Å². The summed E-state index contributed by atoms with van der Waals surface area (Å²) < 4.78 is 38.3. The lowest BCUT2D eigenvalue weighted by molar-refractivity contribution is -0.166. The molecule has 110 valence electrons. The van der Waals surface area contributed by atoms with Gasteiger partial charge in [-0.25, -0.2) is 9.97 Å². The predicted molar refractivity (Wildman–Crippen MR) is 73.8 cm³/mol. The molecule has 1 unspecified atom stereocenters. The molecule has 2 heterocycles. The largest absolute Gasteiger partial charge is 0.395 e. The van der Waals surface area contributed by atoms with Gasteiger partial charge in [0.2, 0.25) is 5.28 Å². The molecular weight excluding hydrogens is 303 g/mol. The van der Waals surface area contributed by atoms with Crippen molar-refractivity contribution in [3.63, 3.8) is 0 Å². The maximum absolute atomic E-state index is 12.8. The maximum atomic E-state index is 12.8. The number of allylic oxidation sites excluding steroid dienone is 2. The van der Waals surface area contributed by atoms with Gasteiger partial charge in [-0.3, -0.25) is 0 Å². The van der Waals surface area contributed by atoms with E-state index in [1.165, 1.54) is 6.92 Å². The summed E-state index contributed by atoms with van der Waals surface area (Å²) in [5.41, 5.74) is 2.49. The molecule has 3 nitrogen and oxygen atoms in total. The van der Waals surface area contributed by atoms with Gasteiger partial charge in [-0.05, 0) is 49.6 Å². The van der Waals surface area contributed by atoms with E-state index in [9.17, 15) is 13.2 Å². The van der Waals surface area contributed by atoms with Crippen molar-refractivity contribution >= 4 is 28.2 Å². The van der Waals surface area contributed by atoms with Crippen molar-refractivity contribution in [3.8, 4) is 0 Å². The first-order valence-corrected chi connectivity index (χ1v) is 6.73. The number of pyridine rings is 1. The van der Waals surface area contributed by atoms with E-state index < -0.39 is 12.1 Å². The van der Waals surface area contributed by atoms with Gasteiger partial charge in [0, 0.05) is 11.1 Å². The molecule has 0 bridgehead atoms. The topological polar surface area (TPSA) is 38.7 Å². The summed E-state index contributed by atoms with van der Waals surface area (Å²) in [5, 5.41) is 0.617. The lowest BCUT2D eigenvalue weighted by atomic mass is 9.76. The van der Waals surface area contributed by atoms with Crippen LogP contribution in [0, 0.1) is 12.8 Å². The molecule has 0 N–H and O–H groups in total. The average molecular weight is 314 g/mol. The van der Waals surface area contributed by atoms with E-state index in [1.54, 1.807) is 12.1 Å². The number of alkyl halides is 3. The molecule has 1 aliphatic rings. The summed E-state index contributed by atoms with van der Waals surface area (Å²) in [6.45, 7) is 3.29. The van der Waals surface area contributed by atoms with Crippen LogP contribution < -0.4 is 0 Å². The van der Waals surface area contributed by atoms with E-state index in [0.717, 1.165) is 5.69 Å². The molecule has 0 radical (unpaired) electrons. The van der Waals surface area contributed by atoms with Gasteiger partial charge in [-0.15, -0.1) is 0 Å². The molecular formula is C14H11ClF3N3. The molecule has 0 saturated carbocycles. The summed E-state index contributed by atoms with van der Waals surface area (Å²) in [5.74, 6) is -1.39. The van der Waals surface area contributed by atoms with Crippen LogP contribution in [0.25, 0.3) is 16.6 Å². The highest BCUT2D eigenvalue weighted by molar-refractivity contribution is 6.28. The molecule has 1 atom stereocenters. The zero-order valence-electron chi connectivity index (χ0n) is 11.3. The standard InChI is InChI=1S/C14H11ClF3N3/c1-6-3-4-8-11(20-13(15)21-12(8)19-6)9-5-10(7(9)2)14(16,17)18/h3-4,10H,5H2,1-2H3. The van der Waals surface area contributed by atoms with E-state index in [1.807, 2.05) is 6.92 Å². The Bertz CT molecular complexity index is 763. The van der Waals surface area contributed by atoms with Gasteiger partial charge in [0.25, 0.3) is 0 Å². The summed E-state index contributed by atoms with van der Waals surface area (Å²) in [6.07, 6.45) is -4.29. The number of rotatable bonds is 1. The van der Waals surface area contributed by atoms with Gasteiger partial charge in [-0.2, -0.15) is 18.2 Å². The molecule has 7 heteroatoms. The molecule has 3 rings (SSSR count). The SMILES string of the molecule is CC1=C(c2nc(Cl)nc3nc(C)ccc23)CC1C(F)(F)F. The second-order valence-corrected chi connectivity index (χ2v) is 5.46. The van der Waals surface area contributed by atoms with E-state index >= 15 is 0 Å². The van der Waals surface area contributed by atoms with Crippen molar-refractivity contribution in [2.45, 2.75) is 26.4 Å². The van der Waals surface area contributed by atoms with Gasteiger partial charge in [0.05, 0.1) is 11.6 Å². The van der Waals surface area contributed by atoms with Crippen molar-refractivity contribution in [2.75, 3.05) is 0 Å². The number of fused-ring (bicyclic) bond motifs is 1. The zero-order chi connectivity index (χ0) is 15.4. The predicted octanol–water partition coefficient (Wildman–Crippen LogP) is 4.34. The number of aromatic nitrogens is 3. The Morgan fingerprint density at radius 2 is 1.86 bits per heavy atom. The molecule has 0 amide bonds. The Hall–Kier alpha value is -1.69. The van der Waals surface area contributed by atoms with Crippen molar-refractivity contribution < 1.29 is 13.2 Å². The Balaban J connectivity index is 2.16. The van der Waals surface area contributed by atoms with Crippen molar-refractivity contribution in [1.29, 1.82) is 0 Å². The molecule has 0 aliphatic heterocycles. The highest BCUT2D eigenvalue weighted by Gasteiger charge is 2.47. The monoisotopic (exact) mass is 313 g/mol. The second-order valence-electron chi connectivity index (χ2n) is 5.12. The summed E-state index contributed by atoms with van der Waals surface area (Å²) in [6, 6.07) is 3.55. The highest BCUT2D eigenvalue weighted by Crippen LogP contribution is 2.49. The molecule has 2 aromatic heterocycles. The van der Waals surface area contributed by atoms with Crippen molar-refractivity contribution in [1.82, 2.24) is 15.0 Å². The lowest BCUT2D eigenvalue weighted by Gasteiger charge is -2.33. The van der Waals surface area contributed by atoms with Crippen LogP contribution in [0.2, 0.25) is 5.28 Å². The van der Waals surface area contributed by atoms with Crippen molar-refractivity contribution in [2.24, 2.45) is 5.92 Å². The Morgan fingerprint density at radius 3 is 2.48 bits per heavy atom. The minimum atomic E-state index is -4.21. The Labute approximate surface area is 123 Å². The smallest absolute Gasteiger partial charge is 0.233 e. The summed E-state index contributed by atoms with van der Waals surface area (Å²) >= 11 is 5.87. The molecule has 0 spiro atoms. The lowest BCUT2D eigenvalue weighted by Crippen LogP contribution is -2.31. The fourth-order valence-electron chi connectivity index (χ4n) is 2.55. The average Bonchev–Trinajstić information content (AvgIpc) is 2.34. The molecule has 0 aromatic carbocycles. The van der Waals surface area contributed by atoms with E-state index in [-0.39, 0.29) is 11.7 Å². The zero-order valence-corrected chi connectivity index (χ0v) is 12.0. The van der Waals surface area contributed by atoms with Crippen LogP contribution in [-0.4, -0.2) is 21.1 Å². The second kappa shape index (κ2) is 4.66. The third-order valence-electron chi connectivity index (χ3n) is 3.76. The fraction of sp³-hybridized carbons (Fsp3) is 0.357. The Morgan fingerprint density at radius 1 is 1.14 bits per heavy atom. The number of hydrogen-bond donors (Lipinski definition) is 0. The molecule has 0 fully saturated rings. The van der Waals surface area contributed by atoms with Gasteiger partial charge in [-0.1, -0.05) is 5.57 Å². The van der Waals surface area contributed by atoms with Gasteiger partial charge in [0.1, 0.15) is 0 Å². The van der Waals surface area contributed by atoms with Gasteiger partial charge >= 0.3 is 6.18 Å². The van der Waals surface area contributed by atoms with Crippen LogP contribution >= 0.6 is 11.6 Å². The first-order valence-electron chi connectivity index (χ1n) is 6.35. The van der Waals surface area contributed by atoms with Crippen LogP contribution in [0.1, 0.15) is 24.7 Å². The van der Waals surface area contributed by atoms with Crippen molar-refractivity contribution in [3.05, 3.63) is 34.4 Å². The quantitative estimate of drug-likeness (QED) is 0.735. The van der Waals surface area contributed by atoms with Gasteiger partial charge < -0.3 is 0 Å². The first-order chi connectivity index (χ1) is 9.77. The molecule has 2 aromatic rings. The van der Waals surface area contributed by atoms with E-state index in [2.05, 4.69) is 15.0 Å². The minimum absolute atomic E-state index is 0.00800. The summed E-state index contributed by atoms with van der Waals surface area (Å²) in [7, 11) is 0. The fourth-order valence-corrected chi connectivity index (χ4v) is 2.71. The third-order valence-corrected chi connectivity index (χ3v) is 3.93. The summed E-state index contributed by atoms with van der Waals surface area (Å²) in [4.78, 5) is 12.4. The number of hydrogen-bond acceptors (Lipinski definition) is 3. The number of halogens is 4.